The maximum atomic E-state index is 16.8. The van der Waals surface area contributed by atoms with Crippen molar-refractivity contribution in [3.63, 3.8) is 0 Å². The molecule has 28 heavy (non-hydrogen) atoms. The molecule has 8 atom stereocenters. The van der Waals surface area contributed by atoms with Crippen LogP contribution < -0.4 is 0 Å². The van der Waals surface area contributed by atoms with Gasteiger partial charge in [-0.2, -0.15) is 0 Å². The summed E-state index contributed by atoms with van der Waals surface area (Å²) in [7, 11) is 0. The Bertz CT molecular complexity index is 806. The van der Waals surface area contributed by atoms with E-state index in [0.29, 0.717) is 18.4 Å². The fourth-order valence-electron chi connectivity index (χ4n) is 7.05. The number of ketones is 2. The highest BCUT2D eigenvalue weighted by Crippen LogP contribution is 2.69. The number of aliphatic hydroxyl groups is 2. The Labute approximate surface area is 163 Å². The molecule has 2 N–H and O–H groups in total. The third-order valence-corrected chi connectivity index (χ3v) is 8.73. The number of aliphatic hydroxyl groups excluding tert-OH is 1. The van der Waals surface area contributed by atoms with E-state index < -0.39 is 58.4 Å². The van der Waals surface area contributed by atoms with Gasteiger partial charge in [0.15, 0.2) is 23.9 Å². The summed E-state index contributed by atoms with van der Waals surface area (Å²) < 4.78 is 30.1. The number of hydrogen-bond acceptors (Lipinski definition) is 4. The predicted molar refractivity (Wildman–Crippen MR) is 98.8 cm³/mol. The molecule has 2 fully saturated rings. The summed E-state index contributed by atoms with van der Waals surface area (Å²) in [6.45, 7) is 3.85. The van der Waals surface area contributed by atoms with Gasteiger partial charge in [0, 0.05) is 23.2 Å². The van der Waals surface area contributed by atoms with Crippen molar-refractivity contribution >= 4 is 11.6 Å². The van der Waals surface area contributed by atoms with E-state index in [4.69, 9.17) is 0 Å². The first-order valence-electron chi connectivity index (χ1n) is 10.1. The van der Waals surface area contributed by atoms with Crippen LogP contribution in [0, 0.1) is 28.6 Å². The molecule has 4 aliphatic rings. The number of allylic oxidation sites excluding steroid dienone is 4. The molecular formula is C22H28F2O4. The van der Waals surface area contributed by atoms with Gasteiger partial charge in [0.05, 0.1) is 6.10 Å². The van der Waals surface area contributed by atoms with Crippen molar-refractivity contribution < 1.29 is 28.6 Å². The van der Waals surface area contributed by atoms with Crippen LogP contribution in [-0.2, 0) is 9.59 Å². The van der Waals surface area contributed by atoms with E-state index in [2.05, 4.69) is 0 Å². The number of alkyl halides is 2. The Balaban J connectivity index is 1.87. The molecule has 0 unspecified atom stereocenters. The van der Waals surface area contributed by atoms with Crippen molar-refractivity contribution in [2.24, 2.45) is 28.6 Å². The molecule has 0 aliphatic heterocycles. The third kappa shape index (κ3) is 2.01. The Kier molecular flexibility index (Phi) is 4.13. The smallest absolute Gasteiger partial charge is 0.196 e. The monoisotopic (exact) mass is 394 g/mol. The van der Waals surface area contributed by atoms with Crippen LogP contribution in [0.4, 0.5) is 8.78 Å². The van der Waals surface area contributed by atoms with Gasteiger partial charge in [-0.05, 0) is 42.7 Å². The van der Waals surface area contributed by atoms with Crippen LogP contribution in [0.15, 0.2) is 23.8 Å². The van der Waals surface area contributed by atoms with E-state index in [0.717, 1.165) is 0 Å². The lowest BCUT2D eigenvalue weighted by Crippen LogP contribution is -2.69. The SMILES string of the molecule is C[C@@H]1C[C@H]2[C@@H]3C=CC4=CC(=O)CC[C@]4(C)[C@@]3(F)[C@@H](O)C[C@]2(C)[C@@]1(O)C(=O)CF. The van der Waals surface area contributed by atoms with E-state index in [9.17, 15) is 24.2 Å². The van der Waals surface area contributed by atoms with Crippen molar-refractivity contribution in [1.29, 1.82) is 0 Å². The minimum Gasteiger partial charge on any atom is -0.390 e. The van der Waals surface area contributed by atoms with Gasteiger partial charge in [0.2, 0.25) is 0 Å². The summed E-state index contributed by atoms with van der Waals surface area (Å²) in [5.74, 6) is -2.61. The van der Waals surface area contributed by atoms with Crippen molar-refractivity contribution in [1.82, 2.24) is 0 Å². The molecule has 0 amide bonds. The fourth-order valence-corrected chi connectivity index (χ4v) is 7.05. The molecule has 0 aromatic carbocycles. The zero-order valence-corrected chi connectivity index (χ0v) is 16.5. The molecule has 0 aromatic rings. The van der Waals surface area contributed by atoms with Crippen molar-refractivity contribution in [3.05, 3.63) is 23.8 Å². The Morgan fingerprint density at radius 2 is 2.04 bits per heavy atom. The van der Waals surface area contributed by atoms with Gasteiger partial charge in [-0.1, -0.05) is 32.9 Å². The normalized spacial score (nSPS) is 52.5. The van der Waals surface area contributed by atoms with Gasteiger partial charge < -0.3 is 10.2 Å². The van der Waals surface area contributed by atoms with E-state index in [1.54, 1.807) is 32.9 Å². The molecule has 0 saturated heterocycles. The number of carbonyl (C=O) groups excluding carboxylic acids is 2. The summed E-state index contributed by atoms with van der Waals surface area (Å²) in [6.07, 6.45) is 4.27. The quantitative estimate of drug-likeness (QED) is 0.755. The van der Waals surface area contributed by atoms with Crippen LogP contribution in [0.2, 0.25) is 0 Å². The Hall–Kier alpha value is -1.40. The molecule has 6 heteroatoms. The molecule has 4 aliphatic carbocycles. The van der Waals surface area contributed by atoms with E-state index in [1.807, 2.05) is 0 Å². The highest BCUT2D eigenvalue weighted by molar-refractivity contribution is 5.92. The van der Waals surface area contributed by atoms with Crippen LogP contribution >= 0.6 is 0 Å². The van der Waals surface area contributed by atoms with Crippen molar-refractivity contribution in [2.45, 2.75) is 63.8 Å². The van der Waals surface area contributed by atoms with E-state index in [-0.39, 0.29) is 18.6 Å². The second-order valence-corrected chi connectivity index (χ2v) is 9.75. The zero-order chi connectivity index (χ0) is 20.7. The minimum absolute atomic E-state index is 0.0493. The molecule has 0 bridgehead atoms. The molecule has 0 radical (unpaired) electrons. The van der Waals surface area contributed by atoms with Crippen LogP contribution in [0.5, 0.6) is 0 Å². The number of rotatable bonds is 2. The molecule has 154 valence electrons. The van der Waals surface area contributed by atoms with Crippen LogP contribution in [-0.4, -0.2) is 45.8 Å². The third-order valence-electron chi connectivity index (χ3n) is 8.73. The minimum atomic E-state index is -2.01. The van der Waals surface area contributed by atoms with Gasteiger partial charge in [0.25, 0.3) is 0 Å². The predicted octanol–water partition coefficient (Wildman–Crippen LogP) is 2.87. The van der Waals surface area contributed by atoms with Gasteiger partial charge in [-0.25, -0.2) is 8.78 Å². The summed E-state index contributed by atoms with van der Waals surface area (Å²) >= 11 is 0. The lowest BCUT2D eigenvalue weighted by atomic mass is 9.45. The highest BCUT2D eigenvalue weighted by atomic mass is 19.1. The number of fused-ring (bicyclic) bond motifs is 5. The lowest BCUT2D eigenvalue weighted by Gasteiger charge is -2.61. The topological polar surface area (TPSA) is 74.6 Å². The lowest BCUT2D eigenvalue weighted by molar-refractivity contribution is -0.212. The van der Waals surface area contributed by atoms with Crippen molar-refractivity contribution in [3.8, 4) is 0 Å². The van der Waals surface area contributed by atoms with Crippen LogP contribution in [0.1, 0.15) is 46.5 Å². The molecule has 0 aromatic heterocycles. The first-order valence-corrected chi connectivity index (χ1v) is 10.1. The fraction of sp³-hybridized carbons (Fsp3) is 0.727. The number of carbonyl (C=O) groups is 2. The molecule has 2 saturated carbocycles. The van der Waals surface area contributed by atoms with Crippen LogP contribution in [0.3, 0.4) is 0 Å². The highest BCUT2D eigenvalue weighted by Gasteiger charge is 2.75. The molecule has 4 rings (SSSR count). The molecular weight excluding hydrogens is 366 g/mol. The van der Waals surface area contributed by atoms with Gasteiger partial charge in [-0.15, -0.1) is 0 Å². The summed E-state index contributed by atoms with van der Waals surface area (Å²) in [4.78, 5) is 24.3. The first kappa shape index (κ1) is 19.9. The maximum absolute atomic E-state index is 16.8. The van der Waals surface area contributed by atoms with Gasteiger partial charge >= 0.3 is 0 Å². The van der Waals surface area contributed by atoms with Gasteiger partial charge in [-0.3, -0.25) is 9.59 Å². The van der Waals surface area contributed by atoms with Crippen LogP contribution in [0.25, 0.3) is 0 Å². The summed E-state index contributed by atoms with van der Waals surface area (Å²) in [5, 5.41) is 22.4. The molecule has 4 nitrogen and oxygen atoms in total. The number of hydrogen-bond donors (Lipinski definition) is 2. The zero-order valence-electron chi connectivity index (χ0n) is 16.5. The van der Waals surface area contributed by atoms with E-state index >= 15 is 4.39 Å². The molecule has 0 spiro atoms. The second-order valence-electron chi connectivity index (χ2n) is 9.75. The standard InChI is InChI=1S/C22H28F2O4/c1-12-8-16-15-5-4-13-9-14(25)6-7-19(13,2)21(15,24)17(26)10-20(16,3)22(12,28)18(27)11-23/h4-5,9,12,15-17,26,28H,6-8,10-11H2,1-3H3/t12-,15+,16+,17+,19+,20+,21+,22+/m1/s1. The average Bonchev–Trinajstić information content (AvgIpc) is 2.84. The second kappa shape index (κ2) is 5.82. The average molecular weight is 394 g/mol. The van der Waals surface area contributed by atoms with Gasteiger partial charge in [0.1, 0.15) is 5.60 Å². The summed E-state index contributed by atoms with van der Waals surface area (Å²) in [5.41, 5.74) is -5.49. The van der Waals surface area contributed by atoms with Crippen molar-refractivity contribution in [2.75, 3.05) is 6.67 Å². The number of halogens is 2. The largest absolute Gasteiger partial charge is 0.390 e. The molecule has 0 heterocycles. The number of Topliss-reactive ketones (excluding diaryl/α,β-unsaturated/α-hetero) is 1. The maximum Gasteiger partial charge on any atom is 0.196 e. The summed E-state index contributed by atoms with van der Waals surface area (Å²) in [6, 6.07) is 0. The first-order chi connectivity index (χ1) is 13.0. The van der Waals surface area contributed by atoms with E-state index in [1.165, 1.54) is 6.08 Å². The Morgan fingerprint density at radius 3 is 2.68 bits per heavy atom. The Morgan fingerprint density at radius 1 is 1.36 bits per heavy atom.